The van der Waals surface area contributed by atoms with Crippen LogP contribution in [0.1, 0.15) is 24.9 Å². The molecule has 11 heteroatoms. The zero-order chi connectivity index (χ0) is 21.3. The van der Waals surface area contributed by atoms with Gasteiger partial charge in [0.2, 0.25) is 0 Å². The Kier molecular flexibility index (Phi) is 5.71. The van der Waals surface area contributed by atoms with Gasteiger partial charge in [0.1, 0.15) is 0 Å². The number of aryl methyl sites for hydroxylation is 1. The summed E-state index contributed by atoms with van der Waals surface area (Å²) >= 11 is 1.41. The highest BCUT2D eigenvalue weighted by Gasteiger charge is 2.28. The van der Waals surface area contributed by atoms with Gasteiger partial charge in [-0.05, 0) is 25.1 Å². The number of rotatable bonds is 4. The third kappa shape index (κ3) is 4.62. The molecule has 0 N–H and O–H groups in total. The lowest BCUT2D eigenvalue weighted by Gasteiger charge is -2.34. The topological polar surface area (TPSA) is 118 Å². The number of piperazine rings is 1. The van der Waals surface area contributed by atoms with Crippen LogP contribution in [0.15, 0.2) is 35.2 Å². The Morgan fingerprint density at radius 2 is 1.62 bits per heavy atom. The summed E-state index contributed by atoms with van der Waals surface area (Å²) in [7, 11) is -3.72. The van der Waals surface area contributed by atoms with Crippen LogP contribution in [0.4, 0.5) is 5.69 Å². The summed E-state index contributed by atoms with van der Waals surface area (Å²) in [5.74, 6) is -0.595. The van der Waals surface area contributed by atoms with Gasteiger partial charge in [-0.3, -0.25) is 19.7 Å². The number of amides is 2. The van der Waals surface area contributed by atoms with E-state index in [0.717, 1.165) is 29.3 Å². The minimum atomic E-state index is -3.72. The van der Waals surface area contributed by atoms with Gasteiger partial charge in [-0.2, -0.15) is 0 Å². The molecule has 1 aromatic carbocycles. The number of nitrogens with zero attached hydrogens (tertiary/aromatic N) is 3. The molecule has 0 aliphatic carbocycles. The molecule has 29 heavy (non-hydrogen) atoms. The molecule has 0 spiro atoms. The summed E-state index contributed by atoms with van der Waals surface area (Å²) in [4.78, 5) is 40.3. The first kappa shape index (κ1) is 20.9. The molecule has 0 bridgehead atoms. The van der Waals surface area contributed by atoms with E-state index in [1.807, 2.05) is 13.0 Å². The second-order valence-electron chi connectivity index (χ2n) is 6.74. The lowest BCUT2D eigenvalue weighted by Crippen LogP contribution is -2.50. The van der Waals surface area contributed by atoms with Crippen molar-refractivity contribution < 1.29 is 22.9 Å². The van der Waals surface area contributed by atoms with E-state index >= 15 is 0 Å². The summed E-state index contributed by atoms with van der Waals surface area (Å²) in [6.45, 7) is 3.09. The van der Waals surface area contributed by atoms with Crippen LogP contribution in [0, 0.1) is 17.0 Å². The molecule has 0 radical (unpaired) electrons. The van der Waals surface area contributed by atoms with E-state index in [-0.39, 0.29) is 29.5 Å². The van der Waals surface area contributed by atoms with Crippen LogP contribution in [-0.4, -0.2) is 67.4 Å². The first-order valence-corrected chi connectivity index (χ1v) is 11.4. The fourth-order valence-corrected chi connectivity index (χ4v) is 4.54. The Labute approximate surface area is 171 Å². The van der Waals surface area contributed by atoms with Crippen LogP contribution >= 0.6 is 11.3 Å². The monoisotopic (exact) mass is 437 g/mol. The number of nitro benzene ring substituents is 1. The number of hydrogen-bond acceptors (Lipinski definition) is 7. The van der Waals surface area contributed by atoms with Gasteiger partial charge in [0.05, 0.1) is 14.7 Å². The predicted octanol–water partition coefficient (Wildman–Crippen LogP) is 1.97. The summed E-state index contributed by atoms with van der Waals surface area (Å²) in [6, 6.07) is 6.81. The highest BCUT2D eigenvalue weighted by atomic mass is 32.2. The maximum atomic E-state index is 12.8. The van der Waals surface area contributed by atoms with Crippen molar-refractivity contribution >= 4 is 38.7 Å². The lowest BCUT2D eigenvalue weighted by atomic mass is 10.1. The fraction of sp³-hybridized carbons (Fsp3) is 0.333. The standard InChI is InChI=1S/C18H19N3O6S2/c1-12-3-4-16(28-12)18(23)20-7-5-19(6-8-20)17(22)13-9-14(21(24)25)11-15(10-13)29(2,26)27/h3-4,9-11H,5-8H2,1-2H3. The van der Waals surface area contributed by atoms with Gasteiger partial charge in [-0.1, -0.05) is 0 Å². The van der Waals surface area contributed by atoms with E-state index in [0.29, 0.717) is 18.0 Å². The van der Waals surface area contributed by atoms with E-state index in [1.54, 1.807) is 11.0 Å². The Morgan fingerprint density at radius 1 is 1.03 bits per heavy atom. The second-order valence-corrected chi connectivity index (χ2v) is 10.0. The number of carbonyl (C=O) groups excluding carboxylic acids is 2. The average molecular weight is 437 g/mol. The van der Waals surface area contributed by atoms with E-state index in [2.05, 4.69) is 0 Å². The first-order valence-electron chi connectivity index (χ1n) is 8.71. The van der Waals surface area contributed by atoms with E-state index in [1.165, 1.54) is 16.2 Å². The predicted molar refractivity (Wildman–Crippen MR) is 107 cm³/mol. The van der Waals surface area contributed by atoms with Crippen molar-refractivity contribution in [2.75, 3.05) is 32.4 Å². The zero-order valence-electron chi connectivity index (χ0n) is 15.8. The Balaban J connectivity index is 1.76. The zero-order valence-corrected chi connectivity index (χ0v) is 17.5. The molecular weight excluding hydrogens is 418 g/mol. The molecule has 2 amide bonds. The Hall–Kier alpha value is -2.79. The Bertz CT molecular complexity index is 1080. The molecule has 1 fully saturated rings. The minimum absolute atomic E-state index is 0.0618. The average Bonchev–Trinajstić information content (AvgIpc) is 3.12. The maximum Gasteiger partial charge on any atom is 0.271 e. The molecule has 154 valence electrons. The highest BCUT2D eigenvalue weighted by Crippen LogP contribution is 2.23. The number of non-ortho nitro benzene ring substituents is 1. The molecule has 1 aliphatic rings. The van der Waals surface area contributed by atoms with Gasteiger partial charge in [0.25, 0.3) is 17.5 Å². The van der Waals surface area contributed by atoms with Crippen molar-refractivity contribution in [3.63, 3.8) is 0 Å². The number of benzene rings is 1. The molecule has 0 saturated carbocycles. The fourth-order valence-electron chi connectivity index (χ4n) is 3.03. The van der Waals surface area contributed by atoms with Crippen LogP contribution in [0.5, 0.6) is 0 Å². The molecule has 9 nitrogen and oxygen atoms in total. The maximum absolute atomic E-state index is 12.8. The number of nitro groups is 1. The molecule has 0 unspecified atom stereocenters. The van der Waals surface area contributed by atoms with Gasteiger partial charge < -0.3 is 9.80 Å². The number of sulfone groups is 1. The van der Waals surface area contributed by atoms with Crippen molar-refractivity contribution in [3.05, 3.63) is 55.8 Å². The molecule has 1 aliphatic heterocycles. The smallest absolute Gasteiger partial charge is 0.271 e. The van der Waals surface area contributed by atoms with Crippen molar-refractivity contribution in [3.8, 4) is 0 Å². The third-order valence-corrected chi connectivity index (χ3v) is 6.66. The van der Waals surface area contributed by atoms with Crippen molar-refractivity contribution in [1.82, 2.24) is 9.80 Å². The molecule has 1 saturated heterocycles. The lowest BCUT2D eigenvalue weighted by molar-refractivity contribution is -0.385. The number of thiophene rings is 1. The van der Waals surface area contributed by atoms with Gasteiger partial charge in [0.15, 0.2) is 9.84 Å². The number of hydrogen-bond donors (Lipinski definition) is 0. The van der Waals surface area contributed by atoms with Crippen LogP contribution in [0.3, 0.4) is 0 Å². The van der Waals surface area contributed by atoms with E-state index < -0.39 is 26.4 Å². The van der Waals surface area contributed by atoms with Gasteiger partial charge in [0, 0.05) is 55.0 Å². The van der Waals surface area contributed by atoms with E-state index in [4.69, 9.17) is 0 Å². The molecule has 0 atom stereocenters. The molecule has 3 rings (SSSR count). The van der Waals surface area contributed by atoms with Crippen LogP contribution < -0.4 is 0 Å². The van der Waals surface area contributed by atoms with Gasteiger partial charge in [-0.15, -0.1) is 11.3 Å². The van der Waals surface area contributed by atoms with Gasteiger partial charge >= 0.3 is 0 Å². The van der Waals surface area contributed by atoms with Crippen molar-refractivity contribution in [2.45, 2.75) is 11.8 Å². The molecule has 2 aromatic rings. The summed E-state index contributed by atoms with van der Waals surface area (Å²) < 4.78 is 23.6. The normalized spacial score (nSPS) is 14.7. The molecule has 1 aromatic heterocycles. The quantitative estimate of drug-likeness (QED) is 0.533. The first-order chi connectivity index (χ1) is 13.6. The summed E-state index contributed by atoms with van der Waals surface area (Å²) in [6.07, 6.45) is 0.928. The Morgan fingerprint density at radius 3 is 2.10 bits per heavy atom. The molecule has 2 heterocycles. The van der Waals surface area contributed by atoms with E-state index in [9.17, 15) is 28.1 Å². The van der Waals surface area contributed by atoms with Gasteiger partial charge in [-0.25, -0.2) is 8.42 Å². The number of carbonyl (C=O) groups is 2. The van der Waals surface area contributed by atoms with Crippen LogP contribution in [0.25, 0.3) is 0 Å². The largest absolute Gasteiger partial charge is 0.335 e. The minimum Gasteiger partial charge on any atom is -0.335 e. The van der Waals surface area contributed by atoms with Crippen molar-refractivity contribution in [2.24, 2.45) is 0 Å². The summed E-state index contributed by atoms with van der Waals surface area (Å²) in [5, 5.41) is 11.1. The van der Waals surface area contributed by atoms with Crippen LogP contribution in [0.2, 0.25) is 0 Å². The second kappa shape index (κ2) is 7.91. The highest BCUT2D eigenvalue weighted by molar-refractivity contribution is 7.90. The van der Waals surface area contributed by atoms with Crippen LogP contribution in [-0.2, 0) is 9.84 Å². The summed E-state index contributed by atoms with van der Waals surface area (Å²) in [5.41, 5.74) is -0.522. The SMILES string of the molecule is Cc1ccc(C(=O)N2CCN(C(=O)c3cc([N+](=O)[O-])cc(S(C)(=O)=O)c3)CC2)s1. The molecular formula is C18H19N3O6S2. The van der Waals surface area contributed by atoms with Crippen molar-refractivity contribution in [1.29, 1.82) is 0 Å². The third-order valence-electron chi connectivity index (χ3n) is 4.58.